The van der Waals surface area contributed by atoms with Crippen LogP contribution in [-0.4, -0.2) is 16.1 Å². The van der Waals surface area contributed by atoms with Crippen LogP contribution in [0, 0.1) is 5.92 Å². The van der Waals surface area contributed by atoms with Gasteiger partial charge in [-0.25, -0.2) is 4.99 Å². The molecule has 10 aromatic carbocycles. The fourth-order valence-corrected chi connectivity index (χ4v) is 14.3. The maximum atomic E-state index is 6.56. The number of para-hydroxylation sites is 1. The maximum absolute atomic E-state index is 6.56. The summed E-state index contributed by atoms with van der Waals surface area (Å²) in [5.74, 6) is 0.613. The van der Waals surface area contributed by atoms with Gasteiger partial charge >= 0.3 is 0 Å². The number of hydrogen-bond acceptors (Lipinski definition) is 5. The molecule has 0 fully saturated rings. The van der Waals surface area contributed by atoms with E-state index in [1.165, 1.54) is 106 Å². The number of amidine groups is 1. The lowest BCUT2D eigenvalue weighted by Gasteiger charge is -2.33. The largest absolute Gasteiger partial charge is 0.456 e. The molecule has 4 nitrogen and oxygen atoms in total. The quantitative estimate of drug-likeness (QED) is 0.170. The highest BCUT2D eigenvalue weighted by Crippen LogP contribution is 2.53. The molecule has 0 N–H and O–H groups in total. The summed E-state index contributed by atoms with van der Waals surface area (Å²) in [7, 11) is 0. The number of benzene rings is 10. The van der Waals surface area contributed by atoms with Gasteiger partial charge in [-0.2, -0.15) is 0 Å². The minimum atomic E-state index is -0.332. The highest BCUT2D eigenvalue weighted by atomic mass is 32.1. The highest BCUT2D eigenvalue weighted by Gasteiger charge is 2.39. The summed E-state index contributed by atoms with van der Waals surface area (Å²) in [6.45, 7) is 0. The Kier molecular flexibility index (Phi) is 7.24. The molecule has 4 aromatic heterocycles. The van der Waals surface area contributed by atoms with Crippen LogP contribution < -0.4 is 0 Å². The first-order valence-corrected chi connectivity index (χ1v) is 24.6. The molecule has 0 saturated carbocycles. The highest BCUT2D eigenvalue weighted by molar-refractivity contribution is 7.27. The standard InChI is InChI=1S/C61H35N3OS2/c1-2-14-35-32-47-44(31-34(35)13-1)36-28-27-33-29-45-57(42-20-12-26-52-54(42)40-18-6-9-24-50(40)66-52)62-61(43-21-11-23-49-53(43)39-17-5-8-22-48(39)65-49)63-58(45)55-37-15-3-4-16-38(37)60-56(59(55)64(47)46(36)30-33)41-19-7-10-25-51(41)67-60/h1-28,30-32,45,58H,29H2. The zero-order valence-electron chi connectivity index (χ0n) is 35.8. The monoisotopic (exact) mass is 889 g/mol. The summed E-state index contributed by atoms with van der Waals surface area (Å²) >= 11 is 3.77. The van der Waals surface area contributed by atoms with Crippen molar-refractivity contribution in [3.63, 3.8) is 0 Å². The van der Waals surface area contributed by atoms with Gasteiger partial charge in [-0.1, -0.05) is 140 Å². The number of thiophene rings is 2. The van der Waals surface area contributed by atoms with Crippen molar-refractivity contribution < 1.29 is 4.42 Å². The number of aliphatic imine (C=N–C) groups is 2. The Bertz CT molecular complexity index is 4580. The van der Waals surface area contributed by atoms with E-state index in [4.69, 9.17) is 14.4 Å². The molecule has 2 aliphatic heterocycles. The van der Waals surface area contributed by atoms with E-state index >= 15 is 0 Å². The zero-order valence-corrected chi connectivity index (χ0v) is 37.5. The fourth-order valence-electron chi connectivity index (χ4n) is 12.0. The van der Waals surface area contributed by atoms with E-state index in [0.29, 0.717) is 0 Å². The van der Waals surface area contributed by atoms with Gasteiger partial charge in [0.05, 0.1) is 28.5 Å². The van der Waals surface area contributed by atoms with E-state index in [2.05, 4.69) is 187 Å². The molecule has 6 heteroatoms. The third-order valence-corrected chi connectivity index (χ3v) is 17.1. The lowest BCUT2D eigenvalue weighted by atomic mass is 9.78. The molecule has 16 rings (SSSR count). The first-order chi connectivity index (χ1) is 33.2. The van der Waals surface area contributed by atoms with Crippen molar-refractivity contribution in [1.82, 2.24) is 4.57 Å². The lowest BCUT2D eigenvalue weighted by Crippen LogP contribution is -2.31. The molecular formula is C61H35N3OS2. The fraction of sp³-hybridized carbons (Fsp3) is 0.0492. The number of furan rings is 1. The number of fused-ring (bicyclic) bond motifs is 22. The molecule has 2 unspecified atom stereocenters. The molecule has 0 aliphatic carbocycles. The van der Waals surface area contributed by atoms with E-state index in [0.717, 1.165) is 45.5 Å². The first kappa shape index (κ1) is 36.3. The van der Waals surface area contributed by atoms with Crippen molar-refractivity contribution in [3.05, 3.63) is 210 Å². The molecule has 0 amide bonds. The third-order valence-electron chi connectivity index (χ3n) is 14.8. The maximum Gasteiger partial charge on any atom is 0.156 e. The van der Waals surface area contributed by atoms with Crippen molar-refractivity contribution in [2.24, 2.45) is 15.9 Å². The van der Waals surface area contributed by atoms with Gasteiger partial charge in [-0.05, 0) is 76.7 Å². The van der Waals surface area contributed by atoms with Crippen LogP contribution in [0.1, 0.15) is 28.3 Å². The molecule has 0 spiro atoms. The van der Waals surface area contributed by atoms with Crippen LogP contribution in [-0.2, 0) is 6.42 Å². The van der Waals surface area contributed by atoms with Crippen LogP contribution in [0.2, 0.25) is 0 Å². The minimum absolute atomic E-state index is 0.119. The van der Waals surface area contributed by atoms with E-state index in [9.17, 15) is 0 Å². The Labute approximate surface area is 391 Å². The SMILES string of the molecule is c1ccc2cc3c(cc2c1)c1ccc2cc1n3-c1c(c3ccccc3c3sc4ccccc4c13)C1N=C(c3cccc4oc5ccccc5c34)N=C(c3cccc4sc5ccccc5c34)C1C2. The third kappa shape index (κ3) is 4.96. The minimum Gasteiger partial charge on any atom is -0.456 e. The topological polar surface area (TPSA) is 42.8 Å². The average molecular weight is 890 g/mol. The molecule has 67 heavy (non-hydrogen) atoms. The summed E-state index contributed by atoms with van der Waals surface area (Å²) < 4.78 is 14.3. The normalized spacial score (nSPS) is 16.2. The van der Waals surface area contributed by atoms with E-state index in [-0.39, 0.29) is 12.0 Å². The zero-order chi connectivity index (χ0) is 43.5. The summed E-state index contributed by atoms with van der Waals surface area (Å²) in [4.78, 5) is 12.0. The summed E-state index contributed by atoms with van der Waals surface area (Å²) in [5, 5.41) is 14.7. The van der Waals surface area contributed by atoms with Crippen LogP contribution in [0.3, 0.4) is 0 Å². The van der Waals surface area contributed by atoms with E-state index in [1.807, 2.05) is 28.7 Å². The van der Waals surface area contributed by atoms with Crippen LogP contribution in [0.5, 0.6) is 0 Å². The molecule has 2 aliphatic rings. The van der Waals surface area contributed by atoms with E-state index < -0.39 is 0 Å². The van der Waals surface area contributed by atoms with Gasteiger partial charge in [0.2, 0.25) is 0 Å². The van der Waals surface area contributed by atoms with Crippen molar-refractivity contribution in [2.45, 2.75) is 12.5 Å². The predicted molar refractivity (Wildman–Crippen MR) is 285 cm³/mol. The van der Waals surface area contributed by atoms with Gasteiger partial charge in [-0.3, -0.25) is 4.99 Å². The molecule has 14 aromatic rings. The number of hydrogen-bond donors (Lipinski definition) is 0. The Morgan fingerprint density at radius 2 is 1.13 bits per heavy atom. The second-order valence-corrected chi connectivity index (χ2v) is 20.4. The average Bonchev–Trinajstić information content (AvgIpc) is 4.14. The Balaban J connectivity index is 1.12. The van der Waals surface area contributed by atoms with Gasteiger partial charge in [0, 0.05) is 89.9 Å². The van der Waals surface area contributed by atoms with Gasteiger partial charge < -0.3 is 8.98 Å². The second kappa shape index (κ2) is 13.4. The molecular weight excluding hydrogens is 855 g/mol. The van der Waals surface area contributed by atoms with Gasteiger partial charge in [0.25, 0.3) is 0 Å². The summed E-state index contributed by atoms with van der Waals surface area (Å²) in [5.41, 5.74) is 11.1. The molecule has 312 valence electrons. The van der Waals surface area contributed by atoms with Crippen LogP contribution in [0.15, 0.2) is 202 Å². The summed E-state index contributed by atoms with van der Waals surface area (Å²) in [6.07, 6.45) is 0.757. The smallest absolute Gasteiger partial charge is 0.156 e. The number of aromatic nitrogens is 1. The van der Waals surface area contributed by atoms with Crippen molar-refractivity contribution in [2.75, 3.05) is 0 Å². The van der Waals surface area contributed by atoms with Gasteiger partial charge in [-0.15, -0.1) is 22.7 Å². The van der Waals surface area contributed by atoms with Crippen LogP contribution in [0.4, 0.5) is 0 Å². The second-order valence-electron chi connectivity index (χ2n) is 18.3. The van der Waals surface area contributed by atoms with E-state index in [1.54, 1.807) is 0 Å². The number of nitrogens with zero attached hydrogens (tertiary/aromatic N) is 3. The van der Waals surface area contributed by atoms with Gasteiger partial charge in [0.15, 0.2) is 5.84 Å². The Hall–Kier alpha value is -7.90. The molecule has 0 radical (unpaired) electrons. The van der Waals surface area contributed by atoms with Crippen molar-refractivity contribution in [3.8, 4) is 5.69 Å². The summed E-state index contributed by atoms with van der Waals surface area (Å²) in [6, 6.07) is 69.1. The molecule has 0 saturated heterocycles. The Morgan fingerprint density at radius 3 is 2.00 bits per heavy atom. The predicted octanol–water partition coefficient (Wildman–Crippen LogP) is 16.9. The number of rotatable bonds is 2. The molecule has 6 heterocycles. The lowest BCUT2D eigenvalue weighted by molar-refractivity contribution is 0.548. The Morgan fingerprint density at radius 1 is 0.478 bits per heavy atom. The van der Waals surface area contributed by atoms with Crippen LogP contribution >= 0.6 is 22.7 Å². The van der Waals surface area contributed by atoms with Gasteiger partial charge in [0.1, 0.15) is 11.2 Å². The molecule has 2 bridgehead atoms. The van der Waals surface area contributed by atoms with Crippen LogP contribution in [0.25, 0.3) is 111 Å². The van der Waals surface area contributed by atoms with Crippen molar-refractivity contribution >= 4 is 140 Å². The first-order valence-electron chi connectivity index (χ1n) is 23.0. The molecule has 2 atom stereocenters. The van der Waals surface area contributed by atoms with Crippen molar-refractivity contribution in [1.29, 1.82) is 0 Å².